The molecule has 19 heavy (non-hydrogen) atoms. The third kappa shape index (κ3) is 3.93. The molecule has 2 rings (SSSR count). The van der Waals surface area contributed by atoms with E-state index in [4.69, 9.17) is 22.1 Å². The van der Waals surface area contributed by atoms with Gasteiger partial charge in [0.25, 0.3) is 0 Å². The SMILES string of the molecule is CC1CN(C(c2ccc(Cl)cc2)C(C)N)CCCO1. The zero-order valence-corrected chi connectivity index (χ0v) is 12.4. The second-order valence-corrected chi connectivity index (χ2v) is 5.82. The van der Waals surface area contributed by atoms with Crippen molar-refractivity contribution in [2.75, 3.05) is 19.7 Å². The third-order valence-corrected chi connectivity index (χ3v) is 3.84. The second kappa shape index (κ2) is 6.71. The van der Waals surface area contributed by atoms with Gasteiger partial charge in [0.15, 0.2) is 0 Å². The van der Waals surface area contributed by atoms with E-state index in [1.807, 2.05) is 12.1 Å². The van der Waals surface area contributed by atoms with Crippen molar-refractivity contribution < 1.29 is 4.74 Å². The van der Waals surface area contributed by atoms with Crippen LogP contribution in [0, 0.1) is 0 Å². The fraction of sp³-hybridized carbons (Fsp3) is 0.600. The molecule has 1 fully saturated rings. The van der Waals surface area contributed by atoms with E-state index in [9.17, 15) is 0 Å². The Morgan fingerprint density at radius 2 is 2.05 bits per heavy atom. The monoisotopic (exact) mass is 282 g/mol. The van der Waals surface area contributed by atoms with Crippen LogP contribution in [0.1, 0.15) is 31.9 Å². The number of halogens is 1. The van der Waals surface area contributed by atoms with Crippen LogP contribution in [0.2, 0.25) is 5.02 Å². The van der Waals surface area contributed by atoms with Gasteiger partial charge in [-0.2, -0.15) is 0 Å². The molecule has 0 bridgehead atoms. The first-order valence-electron chi connectivity index (χ1n) is 6.94. The highest BCUT2D eigenvalue weighted by Crippen LogP contribution is 2.26. The maximum atomic E-state index is 6.22. The van der Waals surface area contributed by atoms with Crippen molar-refractivity contribution in [1.29, 1.82) is 0 Å². The average molecular weight is 283 g/mol. The van der Waals surface area contributed by atoms with Crippen LogP contribution in [0.25, 0.3) is 0 Å². The second-order valence-electron chi connectivity index (χ2n) is 5.39. The summed E-state index contributed by atoms with van der Waals surface area (Å²) in [5.41, 5.74) is 7.45. The lowest BCUT2D eigenvalue weighted by Crippen LogP contribution is -2.42. The highest BCUT2D eigenvalue weighted by Gasteiger charge is 2.26. The van der Waals surface area contributed by atoms with E-state index in [1.54, 1.807) is 0 Å². The first-order chi connectivity index (χ1) is 9.08. The van der Waals surface area contributed by atoms with Gasteiger partial charge in [-0.1, -0.05) is 23.7 Å². The van der Waals surface area contributed by atoms with Gasteiger partial charge in [0.05, 0.1) is 6.10 Å². The van der Waals surface area contributed by atoms with E-state index >= 15 is 0 Å². The molecule has 3 unspecified atom stereocenters. The molecule has 1 aliphatic heterocycles. The normalized spacial score (nSPS) is 24.7. The van der Waals surface area contributed by atoms with Crippen molar-refractivity contribution in [2.45, 2.75) is 38.5 Å². The molecule has 0 aromatic heterocycles. The summed E-state index contributed by atoms with van der Waals surface area (Å²) in [5.74, 6) is 0. The van der Waals surface area contributed by atoms with Gasteiger partial charge in [-0.25, -0.2) is 0 Å². The molecule has 1 aliphatic rings. The summed E-state index contributed by atoms with van der Waals surface area (Å²) >= 11 is 5.97. The lowest BCUT2D eigenvalue weighted by atomic mass is 9.98. The molecule has 1 aromatic rings. The van der Waals surface area contributed by atoms with Crippen molar-refractivity contribution in [3.05, 3.63) is 34.9 Å². The number of nitrogens with zero attached hydrogens (tertiary/aromatic N) is 1. The lowest BCUT2D eigenvalue weighted by Gasteiger charge is -2.34. The van der Waals surface area contributed by atoms with Crippen LogP contribution in [-0.2, 0) is 4.74 Å². The minimum atomic E-state index is 0.0754. The summed E-state index contributed by atoms with van der Waals surface area (Å²) in [6.07, 6.45) is 1.32. The van der Waals surface area contributed by atoms with Crippen LogP contribution in [0.15, 0.2) is 24.3 Å². The molecule has 3 nitrogen and oxygen atoms in total. The number of rotatable bonds is 3. The molecule has 3 atom stereocenters. The topological polar surface area (TPSA) is 38.5 Å². The smallest absolute Gasteiger partial charge is 0.0674 e. The fourth-order valence-electron chi connectivity index (χ4n) is 2.79. The first kappa shape index (κ1) is 14.8. The van der Waals surface area contributed by atoms with E-state index in [-0.39, 0.29) is 18.2 Å². The molecule has 1 aromatic carbocycles. The highest BCUT2D eigenvalue weighted by molar-refractivity contribution is 6.30. The van der Waals surface area contributed by atoms with Gasteiger partial charge in [-0.3, -0.25) is 4.90 Å². The molecule has 4 heteroatoms. The van der Waals surface area contributed by atoms with Gasteiger partial charge in [-0.05, 0) is 38.0 Å². The standard InChI is InChI=1S/C15H23ClN2O/c1-11-10-18(8-3-9-19-11)15(12(2)17)13-4-6-14(16)7-5-13/h4-7,11-12,15H,3,8-10,17H2,1-2H3. The van der Waals surface area contributed by atoms with Gasteiger partial charge >= 0.3 is 0 Å². The molecular formula is C15H23ClN2O. The summed E-state index contributed by atoms with van der Waals surface area (Å²) in [7, 11) is 0. The van der Waals surface area contributed by atoms with Gasteiger partial charge in [-0.15, -0.1) is 0 Å². The van der Waals surface area contributed by atoms with Crippen LogP contribution in [0.5, 0.6) is 0 Å². The zero-order chi connectivity index (χ0) is 13.8. The average Bonchev–Trinajstić information content (AvgIpc) is 2.56. The number of benzene rings is 1. The minimum absolute atomic E-state index is 0.0754. The Kier molecular flexibility index (Phi) is 5.22. The fourth-order valence-corrected chi connectivity index (χ4v) is 2.91. The summed E-state index contributed by atoms with van der Waals surface area (Å²) < 4.78 is 5.71. The van der Waals surface area contributed by atoms with Gasteiger partial charge < -0.3 is 10.5 Å². The lowest BCUT2D eigenvalue weighted by molar-refractivity contribution is 0.0583. The summed E-state index contributed by atoms with van der Waals surface area (Å²) in [6.45, 7) is 6.98. The molecule has 0 aliphatic carbocycles. The molecule has 2 N–H and O–H groups in total. The number of hydrogen-bond acceptors (Lipinski definition) is 3. The predicted molar refractivity (Wildman–Crippen MR) is 79.4 cm³/mol. The summed E-state index contributed by atoms with van der Waals surface area (Å²) in [4.78, 5) is 2.44. The van der Waals surface area contributed by atoms with Crippen molar-refractivity contribution >= 4 is 11.6 Å². The quantitative estimate of drug-likeness (QED) is 0.926. The van der Waals surface area contributed by atoms with E-state index in [2.05, 4.69) is 30.9 Å². The Labute approximate surface area is 120 Å². The van der Waals surface area contributed by atoms with Gasteiger partial charge in [0.2, 0.25) is 0 Å². The number of ether oxygens (including phenoxy) is 1. The Morgan fingerprint density at radius 1 is 1.37 bits per heavy atom. The van der Waals surface area contributed by atoms with E-state index in [1.165, 1.54) is 5.56 Å². The van der Waals surface area contributed by atoms with E-state index < -0.39 is 0 Å². The number of hydrogen-bond donors (Lipinski definition) is 1. The van der Waals surface area contributed by atoms with Crippen LogP contribution < -0.4 is 5.73 Å². The number of nitrogens with two attached hydrogens (primary N) is 1. The van der Waals surface area contributed by atoms with Gasteiger partial charge in [0.1, 0.15) is 0 Å². The van der Waals surface area contributed by atoms with Crippen LogP contribution in [0.3, 0.4) is 0 Å². The molecule has 1 saturated heterocycles. The molecule has 0 saturated carbocycles. The van der Waals surface area contributed by atoms with E-state index in [0.717, 1.165) is 31.1 Å². The molecule has 0 spiro atoms. The Hall–Kier alpha value is -0.610. The minimum Gasteiger partial charge on any atom is -0.377 e. The molecule has 1 heterocycles. The Bertz CT molecular complexity index is 394. The molecule has 0 radical (unpaired) electrons. The van der Waals surface area contributed by atoms with Gasteiger partial charge in [0, 0.05) is 36.8 Å². The third-order valence-electron chi connectivity index (χ3n) is 3.59. The highest BCUT2D eigenvalue weighted by atomic mass is 35.5. The van der Waals surface area contributed by atoms with E-state index in [0.29, 0.717) is 0 Å². The van der Waals surface area contributed by atoms with Crippen molar-refractivity contribution in [3.63, 3.8) is 0 Å². The molecular weight excluding hydrogens is 260 g/mol. The summed E-state index contributed by atoms with van der Waals surface area (Å²) in [6, 6.07) is 8.32. The maximum Gasteiger partial charge on any atom is 0.0674 e. The predicted octanol–water partition coefficient (Wildman–Crippen LogP) is 2.84. The maximum absolute atomic E-state index is 6.22. The van der Waals surface area contributed by atoms with Crippen molar-refractivity contribution in [2.24, 2.45) is 5.73 Å². The largest absolute Gasteiger partial charge is 0.377 e. The van der Waals surface area contributed by atoms with Crippen molar-refractivity contribution in [1.82, 2.24) is 4.90 Å². The van der Waals surface area contributed by atoms with Crippen LogP contribution in [-0.4, -0.2) is 36.7 Å². The molecule has 106 valence electrons. The van der Waals surface area contributed by atoms with Crippen LogP contribution in [0.4, 0.5) is 0 Å². The van der Waals surface area contributed by atoms with Crippen LogP contribution >= 0.6 is 11.6 Å². The Balaban J connectivity index is 2.21. The molecule has 0 amide bonds. The Morgan fingerprint density at radius 3 is 2.68 bits per heavy atom. The zero-order valence-electron chi connectivity index (χ0n) is 11.7. The summed E-state index contributed by atoms with van der Waals surface area (Å²) in [5, 5.41) is 0.764. The van der Waals surface area contributed by atoms with Crippen molar-refractivity contribution in [3.8, 4) is 0 Å². The first-order valence-corrected chi connectivity index (χ1v) is 7.32.